The Bertz CT molecular complexity index is 541. The molecule has 0 spiro atoms. The highest BCUT2D eigenvalue weighted by Crippen LogP contribution is 2.39. The van der Waals surface area contributed by atoms with Gasteiger partial charge in [0.05, 0.1) is 11.4 Å². The summed E-state index contributed by atoms with van der Waals surface area (Å²) in [7, 11) is 0. The Morgan fingerprint density at radius 2 is 2.18 bits per heavy atom. The molecule has 1 saturated carbocycles. The molecule has 2 aromatic rings. The molecule has 1 fully saturated rings. The molecule has 1 aromatic carbocycles. The van der Waals surface area contributed by atoms with Crippen molar-refractivity contribution in [3.05, 3.63) is 47.3 Å². The van der Waals surface area contributed by atoms with Crippen LogP contribution in [0.1, 0.15) is 35.6 Å². The van der Waals surface area contributed by atoms with Gasteiger partial charge in [0, 0.05) is 18.0 Å². The number of aromatic nitrogens is 2. The van der Waals surface area contributed by atoms with E-state index in [2.05, 4.69) is 42.5 Å². The largest absolute Gasteiger partial charge is 0.240 e. The second-order valence-electron chi connectivity index (χ2n) is 4.71. The number of nitrogens with zero attached hydrogens (tertiary/aromatic N) is 2. The van der Waals surface area contributed by atoms with Crippen LogP contribution in [-0.2, 0) is 5.88 Å². The number of hydrogen-bond donors (Lipinski definition) is 0. The van der Waals surface area contributed by atoms with Crippen LogP contribution in [0, 0.1) is 6.92 Å². The van der Waals surface area contributed by atoms with E-state index < -0.39 is 0 Å². The summed E-state index contributed by atoms with van der Waals surface area (Å²) >= 11 is 5.83. The zero-order chi connectivity index (χ0) is 11.8. The Morgan fingerprint density at radius 3 is 2.82 bits per heavy atom. The second kappa shape index (κ2) is 4.19. The van der Waals surface area contributed by atoms with Crippen LogP contribution in [-0.4, -0.2) is 9.78 Å². The van der Waals surface area contributed by atoms with Crippen molar-refractivity contribution in [3.63, 3.8) is 0 Å². The van der Waals surface area contributed by atoms with Crippen LogP contribution in [0.5, 0.6) is 0 Å². The molecule has 0 atom stereocenters. The highest BCUT2D eigenvalue weighted by molar-refractivity contribution is 6.17. The molecule has 0 amide bonds. The van der Waals surface area contributed by atoms with Gasteiger partial charge in [0.2, 0.25) is 0 Å². The lowest BCUT2D eigenvalue weighted by molar-refractivity contribution is 0.831. The Labute approximate surface area is 106 Å². The van der Waals surface area contributed by atoms with E-state index in [9.17, 15) is 0 Å². The summed E-state index contributed by atoms with van der Waals surface area (Å²) in [5.41, 5.74) is 4.74. The van der Waals surface area contributed by atoms with Gasteiger partial charge in [-0.25, -0.2) is 4.68 Å². The summed E-state index contributed by atoms with van der Waals surface area (Å²) in [6.07, 6.45) is 4.64. The van der Waals surface area contributed by atoms with Gasteiger partial charge in [0.15, 0.2) is 0 Å². The quantitative estimate of drug-likeness (QED) is 0.754. The monoisotopic (exact) mass is 246 g/mol. The van der Waals surface area contributed by atoms with Gasteiger partial charge >= 0.3 is 0 Å². The zero-order valence-electron chi connectivity index (χ0n) is 9.86. The van der Waals surface area contributed by atoms with Crippen molar-refractivity contribution >= 4 is 11.6 Å². The fraction of sp³-hybridized carbons (Fsp3) is 0.357. The van der Waals surface area contributed by atoms with Crippen molar-refractivity contribution in [1.29, 1.82) is 0 Å². The molecule has 88 valence electrons. The molecule has 1 aliphatic rings. The normalized spacial score (nSPS) is 15.2. The van der Waals surface area contributed by atoms with Crippen molar-refractivity contribution in [3.8, 4) is 5.69 Å². The number of benzene rings is 1. The standard InChI is InChI=1S/C14H15ClN2/c1-10-8-11(9-15)2-5-14(10)17-7-6-13(16-17)12-3-4-12/h2,5-8,12H,3-4,9H2,1H3. The lowest BCUT2D eigenvalue weighted by Crippen LogP contribution is -1.99. The van der Waals surface area contributed by atoms with E-state index in [1.54, 1.807) is 0 Å². The lowest BCUT2D eigenvalue weighted by Gasteiger charge is -2.07. The highest BCUT2D eigenvalue weighted by Gasteiger charge is 2.25. The van der Waals surface area contributed by atoms with Crippen molar-refractivity contribution in [2.45, 2.75) is 31.6 Å². The SMILES string of the molecule is Cc1cc(CCl)ccc1-n1ccc(C2CC2)n1. The maximum Gasteiger partial charge on any atom is 0.0675 e. The number of halogens is 1. The van der Waals surface area contributed by atoms with Gasteiger partial charge in [-0.15, -0.1) is 11.6 Å². The molecule has 3 rings (SSSR count). The van der Waals surface area contributed by atoms with Crippen molar-refractivity contribution in [1.82, 2.24) is 9.78 Å². The molecule has 2 nitrogen and oxygen atoms in total. The molecule has 1 heterocycles. The summed E-state index contributed by atoms with van der Waals surface area (Å²) in [4.78, 5) is 0. The molecule has 3 heteroatoms. The first-order valence-corrected chi connectivity index (χ1v) is 6.53. The van der Waals surface area contributed by atoms with Gasteiger partial charge in [-0.05, 0) is 43.0 Å². The van der Waals surface area contributed by atoms with Gasteiger partial charge in [-0.1, -0.05) is 12.1 Å². The van der Waals surface area contributed by atoms with Crippen molar-refractivity contribution < 1.29 is 0 Å². The van der Waals surface area contributed by atoms with E-state index in [0.717, 1.165) is 11.3 Å². The molecular weight excluding hydrogens is 232 g/mol. The van der Waals surface area contributed by atoms with Crippen LogP contribution in [0.25, 0.3) is 5.69 Å². The van der Waals surface area contributed by atoms with Crippen LogP contribution in [0.4, 0.5) is 0 Å². The third kappa shape index (κ3) is 2.09. The fourth-order valence-electron chi connectivity index (χ4n) is 2.13. The van der Waals surface area contributed by atoms with Crippen LogP contribution in [0.3, 0.4) is 0 Å². The minimum absolute atomic E-state index is 0.563. The number of rotatable bonds is 3. The molecular formula is C14H15ClN2. The zero-order valence-corrected chi connectivity index (χ0v) is 10.6. The van der Waals surface area contributed by atoms with Crippen LogP contribution >= 0.6 is 11.6 Å². The molecule has 0 unspecified atom stereocenters. The summed E-state index contributed by atoms with van der Waals surface area (Å²) in [6.45, 7) is 2.10. The van der Waals surface area contributed by atoms with Gasteiger partial charge in [0.25, 0.3) is 0 Å². The van der Waals surface area contributed by atoms with Crippen LogP contribution in [0.2, 0.25) is 0 Å². The summed E-state index contributed by atoms with van der Waals surface area (Å²) in [5.74, 6) is 1.27. The molecule has 0 N–H and O–H groups in total. The molecule has 17 heavy (non-hydrogen) atoms. The van der Waals surface area contributed by atoms with Crippen molar-refractivity contribution in [2.75, 3.05) is 0 Å². The molecule has 0 radical (unpaired) electrons. The molecule has 1 aliphatic carbocycles. The van der Waals surface area contributed by atoms with Crippen LogP contribution < -0.4 is 0 Å². The third-order valence-electron chi connectivity index (χ3n) is 3.27. The molecule has 1 aromatic heterocycles. The van der Waals surface area contributed by atoms with Gasteiger partial charge in [-0.2, -0.15) is 5.10 Å². The number of hydrogen-bond acceptors (Lipinski definition) is 1. The number of aryl methyl sites for hydroxylation is 1. The average Bonchev–Trinajstić information content (AvgIpc) is 3.08. The van der Waals surface area contributed by atoms with E-state index >= 15 is 0 Å². The Morgan fingerprint density at radius 1 is 1.35 bits per heavy atom. The predicted molar refractivity (Wildman–Crippen MR) is 69.8 cm³/mol. The van der Waals surface area contributed by atoms with Gasteiger partial charge < -0.3 is 0 Å². The fourth-order valence-corrected chi connectivity index (χ4v) is 2.29. The Hall–Kier alpha value is -1.28. The van der Waals surface area contributed by atoms with E-state index in [0.29, 0.717) is 11.8 Å². The highest BCUT2D eigenvalue weighted by atomic mass is 35.5. The minimum Gasteiger partial charge on any atom is -0.240 e. The number of alkyl halides is 1. The first-order chi connectivity index (χ1) is 8.28. The summed E-state index contributed by atoms with van der Waals surface area (Å²) < 4.78 is 1.97. The first-order valence-electron chi connectivity index (χ1n) is 5.99. The maximum absolute atomic E-state index is 5.83. The van der Waals surface area contributed by atoms with Gasteiger partial charge in [-0.3, -0.25) is 0 Å². The van der Waals surface area contributed by atoms with E-state index in [4.69, 9.17) is 11.6 Å². The predicted octanol–water partition coefficient (Wildman–Crippen LogP) is 3.80. The average molecular weight is 247 g/mol. The second-order valence-corrected chi connectivity index (χ2v) is 4.98. The Balaban J connectivity index is 1.96. The summed E-state index contributed by atoms with van der Waals surface area (Å²) in [6, 6.07) is 8.41. The maximum atomic E-state index is 5.83. The van der Waals surface area contributed by atoms with E-state index in [1.807, 2.05) is 4.68 Å². The third-order valence-corrected chi connectivity index (χ3v) is 3.58. The topological polar surface area (TPSA) is 17.8 Å². The van der Waals surface area contributed by atoms with E-state index in [1.165, 1.54) is 24.1 Å². The smallest absolute Gasteiger partial charge is 0.0675 e. The molecule has 0 bridgehead atoms. The Kier molecular flexibility index (Phi) is 2.67. The molecule has 0 aliphatic heterocycles. The van der Waals surface area contributed by atoms with Gasteiger partial charge in [0.1, 0.15) is 0 Å². The lowest BCUT2D eigenvalue weighted by atomic mass is 10.1. The minimum atomic E-state index is 0.563. The van der Waals surface area contributed by atoms with Crippen LogP contribution in [0.15, 0.2) is 30.5 Å². The van der Waals surface area contributed by atoms with E-state index in [-0.39, 0.29) is 0 Å². The molecule has 0 saturated heterocycles. The van der Waals surface area contributed by atoms with Crippen molar-refractivity contribution in [2.24, 2.45) is 0 Å². The summed E-state index contributed by atoms with van der Waals surface area (Å²) in [5, 5.41) is 4.64. The first kappa shape index (κ1) is 10.8.